The van der Waals surface area contributed by atoms with Gasteiger partial charge >= 0.3 is 0 Å². The van der Waals surface area contributed by atoms with Crippen LogP contribution in [0, 0.1) is 0 Å². The predicted octanol–water partition coefficient (Wildman–Crippen LogP) is 2.97. The summed E-state index contributed by atoms with van der Waals surface area (Å²) < 4.78 is 11.2. The van der Waals surface area contributed by atoms with Crippen molar-refractivity contribution in [3.63, 3.8) is 0 Å². The van der Waals surface area contributed by atoms with Gasteiger partial charge in [0.25, 0.3) is 0 Å². The monoisotopic (exact) mass is 261 g/mol. The van der Waals surface area contributed by atoms with E-state index in [-0.39, 0.29) is 6.04 Å². The lowest BCUT2D eigenvalue weighted by Crippen LogP contribution is -2.12. The summed E-state index contributed by atoms with van der Waals surface area (Å²) in [5.74, 6) is 1.04. The summed E-state index contributed by atoms with van der Waals surface area (Å²) in [7, 11) is 0. The first kappa shape index (κ1) is 12.9. The molecular formula is C16H23NO2. The molecule has 3 nitrogen and oxygen atoms in total. The lowest BCUT2D eigenvalue weighted by Gasteiger charge is -2.14. The van der Waals surface area contributed by atoms with Gasteiger partial charge in [0.15, 0.2) is 0 Å². The fourth-order valence-electron chi connectivity index (χ4n) is 3.04. The highest BCUT2D eigenvalue weighted by Crippen LogP contribution is 2.29. The second kappa shape index (κ2) is 5.93. The van der Waals surface area contributed by atoms with Gasteiger partial charge in [-0.25, -0.2) is 0 Å². The molecule has 2 aliphatic heterocycles. The lowest BCUT2D eigenvalue weighted by molar-refractivity contribution is 0.101. The van der Waals surface area contributed by atoms with Crippen molar-refractivity contribution in [2.45, 2.75) is 50.7 Å². The van der Waals surface area contributed by atoms with E-state index in [1.807, 2.05) is 0 Å². The first-order valence-corrected chi connectivity index (χ1v) is 7.46. The van der Waals surface area contributed by atoms with Gasteiger partial charge in [-0.1, -0.05) is 12.1 Å². The molecule has 2 atom stereocenters. The topological polar surface area (TPSA) is 44.5 Å². The summed E-state index contributed by atoms with van der Waals surface area (Å²) in [6.07, 6.45) is 7.31. The minimum atomic E-state index is 0.146. The Balaban J connectivity index is 1.50. The zero-order valence-corrected chi connectivity index (χ0v) is 11.4. The fraction of sp³-hybridized carbons (Fsp3) is 0.625. The van der Waals surface area contributed by atoms with E-state index in [0.717, 1.165) is 44.6 Å². The lowest BCUT2D eigenvalue weighted by atomic mass is 9.98. The number of benzene rings is 1. The molecule has 0 amide bonds. The van der Waals surface area contributed by atoms with E-state index in [1.54, 1.807) is 0 Å². The van der Waals surface area contributed by atoms with Gasteiger partial charge in [-0.15, -0.1) is 0 Å². The van der Waals surface area contributed by atoms with E-state index in [9.17, 15) is 0 Å². The second-order valence-electron chi connectivity index (χ2n) is 5.64. The quantitative estimate of drug-likeness (QED) is 0.886. The Morgan fingerprint density at radius 3 is 3.11 bits per heavy atom. The molecule has 0 aromatic heterocycles. The standard InChI is InChI=1S/C16H23NO2/c17-15(5-1-3-14-4-2-9-18-14)12-6-7-16-13(11-12)8-10-19-16/h6-7,11,14-15H,1-5,8-10,17H2. The van der Waals surface area contributed by atoms with Crippen LogP contribution in [-0.4, -0.2) is 19.3 Å². The van der Waals surface area contributed by atoms with Gasteiger partial charge in [0, 0.05) is 19.1 Å². The highest BCUT2D eigenvalue weighted by Gasteiger charge is 2.17. The number of hydrogen-bond acceptors (Lipinski definition) is 3. The third kappa shape index (κ3) is 3.10. The van der Waals surface area contributed by atoms with Gasteiger partial charge in [-0.05, 0) is 49.3 Å². The SMILES string of the molecule is NC(CCCC1CCCO1)c1ccc2c(c1)CCO2. The molecule has 0 radical (unpaired) electrons. The molecule has 2 N–H and O–H groups in total. The fourth-order valence-corrected chi connectivity index (χ4v) is 3.04. The Kier molecular flexibility index (Phi) is 4.04. The van der Waals surface area contributed by atoms with Crippen LogP contribution in [0.25, 0.3) is 0 Å². The number of ether oxygens (including phenoxy) is 2. The molecule has 0 bridgehead atoms. The highest BCUT2D eigenvalue weighted by molar-refractivity contribution is 5.40. The van der Waals surface area contributed by atoms with Crippen LogP contribution in [0.1, 0.15) is 49.3 Å². The van der Waals surface area contributed by atoms with Crippen molar-refractivity contribution < 1.29 is 9.47 Å². The van der Waals surface area contributed by atoms with Crippen LogP contribution in [-0.2, 0) is 11.2 Å². The molecule has 0 saturated carbocycles. The van der Waals surface area contributed by atoms with Crippen LogP contribution in [0.5, 0.6) is 5.75 Å². The molecule has 2 aliphatic rings. The highest BCUT2D eigenvalue weighted by atomic mass is 16.5. The van der Waals surface area contributed by atoms with E-state index in [4.69, 9.17) is 15.2 Å². The van der Waals surface area contributed by atoms with Crippen molar-refractivity contribution in [2.75, 3.05) is 13.2 Å². The van der Waals surface area contributed by atoms with E-state index in [0.29, 0.717) is 6.10 Å². The first-order valence-electron chi connectivity index (χ1n) is 7.46. The maximum atomic E-state index is 6.29. The van der Waals surface area contributed by atoms with Crippen molar-refractivity contribution in [3.8, 4) is 5.75 Å². The molecular weight excluding hydrogens is 238 g/mol. The van der Waals surface area contributed by atoms with Crippen molar-refractivity contribution in [1.82, 2.24) is 0 Å². The molecule has 2 heterocycles. The number of fused-ring (bicyclic) bond motifs is 1. The van der Waals surface area contributed by atoms with Crippen LogP contribution < -0.4 is 10.5 Å². The summed E-state index contributed by atoms with van der Waals surface area (Å²) in [4.78, 5) is 0. The second-order valence-corrected chi connectivity index (χ2v) is 5.64. The Bertz CT molecular complexity index is 427. The van der Waals surface area contributed by atoms with Crippen molar-refractivity contribution in [3.05, 3.63) is 29.3 Å². The molecule has 3 heteroatoms. The van der Waals surface area contributed by atoms with Crippen LogP contribution in [0.15, 0.2) is 18.2 Å². The Morgan fingerprint density at radius 1 is 1.32 bits per heavy atom. The normalized spacial score (nSPS) is 23.1. The molecule has 104 valence electrons. The Morgan fingerprint density at radius 2 is 2.26 bits per heavy atom. The van der Waals surface area contributed by atoms with Gasteiger partial charge in [0.2, 0.25) is 0 Å². The van der Waals surface area contributed by atoms with Gasteiger partial charge in [0.05, 0.1) is 12.7 Å². The molecule has 1 aromatic carbocycles. The van der Waals surface area contributed by atoms with Crippen molar-refractivity contribution >= 4 is 0 Å². The zero-order valence-electron chi connectivity index (χ0n) is 11.4. The Labute approximate surface area is 115 Å². The van der Waals surface area contributed by atoms with E-state index < -0.39 is 0 Å². The molecule has 1 saturated heterocycles. The molecule has 2 unspecified atom stereocenters. The summed E-state index contributed by atoms with van der Waals surface area (Å²) in [5, 5.41) is 0. The predicted molar refractivity (Wildman–Crippen MR) is 75.4 cm³/mol. The van der Waals surface area contributed by atoms with Crippen LogP contribution in [0.2, 0.25) is 0 Å². The molecule has 3 rings (SSSR count). The minimum absolute atomic E-state index is 0.146. The minimum Gasteiger partial charge on any atom is -0.493 e. The van der Waals surface area contributed by atoms with Gasteiger partial charge < -0.3 is 15.2 Å². The maximum Gasteiger partial charge on any atom is 0.122 e. The zero-order chi connectivity index (χ0) is 13.1. The van der Waals surface area contributed by atoms with Crippen LogP contribution in [0.4, 0.5) is 0 Å². The third-order valence-corrected chi connectivity index (χ3v) is 4.21. The summed E-state index contributed by atoms with van der Waals surface area (Å²) in [6.45, 7) is 1.76. The van der Waals surface area contributed by atoms with Gasteiger partial charge in [-0.3, -0.25) is 0 Å². The number of rotatable bonds is 5. The molecule has 0 spiro atoms. The molecule has 0 aliphatic carbocycles. The van der Waals surface area contributed by atoms with Crippen molar-refractivity contribution in [2.24, 2.45) is 5.73 Å². The number of nitrogens with two attached hydrogens (primary N) is 1. The Hall–Kier alpha value is -1.06. The van der Waals surface area contributed by atoms with Crippen molar-refractivity contribution in [1.29, 1.82) is 0 Å². The average molecular weight is 261 g/mol. The molecule has 1 aromatic rings. The summed E-state index contributed by atoms with van der Waals surface area (Å²) in [6, 6.07) is 6.55. The number of hydrogen-bond donors (Lipinski definition) is 1. The third-order valence-electron chi connectivity index (χ3n) is 4.21. The largest absolute Gasteiger partial charge is 0.493 e. The van der Waals surface area contributed by atoms with Gasteiger partial charge in [0.1, 0.15) is 5.75 Å². The molecule has 1 fully saturated rings. The van der Waals surface area contributed by atoms with E-state index in [2.05, 4.69) is 18.2 Å². The maximum absolute atomic E-state index is 6.29. The molecule has 19 heavy (non-hydrogen) atoms. The van der Waals surface area contributed by atoms with Crippen LogP contribution >= 0.6 is 0 Å². The smallest absolute Gasteiger partial charge is 0.122 e. The van der Waals surface area contributed by atoms with Crippen LogP contribution in [0.3, 0.4) is 0 Å². The average Bonchev–Trinajstić information content (AvgIpc) is 3.08. The van der Waals surface area contributed by atoms with E-state index in [1.165, 1.54) is 24.0 Å². The van der Waals surface area contributed by atoms with Gasteiger partial charge in [-0.2, -0.15) is 0 Å². The summed E-state index contributed by atoms with van der Waals surface area (Å²) in [5.41, 5.74) is 8.85. The summed E-state index contributed by atoms with van der Waals surface area (Å²) >= 11 is 0. The first-order chi connectivity index (χ1) is 9.33. The van der Waals surface area contributed by atoms with E-state index >= 15 is 0 Å².